The van der Waals surface area contributed by atoms with Crippen LogP contribution < -0.4 is 0 Å². The van der Waals surface area contributed by atoms with Crippen molar-refractivity contribution in [2.75, 3.05) is 7.11 Å². The summed E-state index contributed by atoms with van der Waals surface area (Å²) < 4.78 is 4.76. The van der Waals surface area contributed by atoms with Crippen LogP contribution in [0.4, 0.5) is 0 Å². The zero-order chi connectivity index (χ0) is 16.4. The minimum Gasteiger partial charge on any atom is -0.465 e. The van der Waals surface area contributed by atoms with Gasteiger partial charge in [-0.1, -0.05) is 6.07 Å². The third-order valence-electron chi connectivity index (χ3n) is 4.49. The van der Waals surface area contributed by atoms with Crippen molar-refractivity contribution >= 4 is 11.8 Å². The maximum absolute atomic E-state index is 13.0. The molecule has 1 aromatic heterocycles. The van der Waals surface area contributed by atoms with Gasteiger partial charge in [0.15, 0.2) is 5.78 Å². The highest BCUT2D eigenvalue weighted by atomic mass is 16.5. The molecule has 2 aromatic rings. The highest BCUT2D eigenvalue weighted by Crippen LogP contribution is 2.33. The van der Waals surface area contributed by atoms with Crippen molar-refractivity contribution in [2.45, 2.75) is 32.1 Å². The Hall–Kier alpha value is -2.49. The molecule has 1 aliphatic carbocycles. The zero-order valence-corrected chi connectivity index (χ0v) is 13.3. The SMILES string of the molecule is COC(=O)c1ccc2c(c1)CCCC(c1ccncc1C)C2=O. The number of pyridine rings is 1. The number of esters is 1. The van der Waals surface area contributed by atoms with Crippen LogP contribution in [0.2, 0.25) is 0 Å². The van der Waals surface area contributed by atoms with Crippen LogP contribution >= 0.6 is 0 Å². The first-order chi connectivity index (χ1) is 11.1. The molecule has 23 heavy (non-hydrogen) atoms. The molecule has 118 valence electrons. The third-order valence-corrected chi connectivity index (χ3v) is 4.49. The molecule has 4 nitrogen and oxygen atoms in total. The van der Waals surface area contributed by atoms with Crippen molar-refractivity contribution in [3.05, 3.63) is 64.5 Å². The molecule has 1 heterocycles. The molecule has 0 radical (unpaired) electrons. The standard InChI is InChI=1S/C19H19NO3/c1-12-11-20-9-8-15(12)17-5-3-4-13-10-14(19(22)23-2)6-7-16(13)18(17)21/h6-11,17H,3-5H2,1-2H3. The number of fused-ring (bicyclic) bond motifs is 1. The highest BCUT2D eigenvalue weighted by Gasteiger charge is 2.28. The van der Waals surface area contributed by atoms with Gasteiger partial charge in [-0.25, -0.2) is 4.79 Å². The van der Waals surface area contributed by atoms with E-state index in [4.69, 9.17) is 4.74 Å². The summed E-state index contributed by atoms with van der Waals surface area (Å²) in [5.41, 5.74) is 4.25. The molecule has 0 saturated carbocycles. The van der Waals surface area contributed by atoms with E-state index < -0.39 is 0 Å². The monoisotopic (exact) mass is 309 g/mol. The second kappa shape index (κ2) is 6.32. The van der Waals surface area contributed by atoms with E-state index >= 15 is 0 Å². The fourth-order valence-electron chi connectivity index (χ4n) is 3.27. The van der Waals surface area contributed by atoms with Crippen LogP contribution in [0.5, 0.6) is 0 Å². The summed E-state index contributed by atoms with van der Waals surface area (Å²) in [6.07, 6.45) is 6.06. The first-order valence-corrected chi connectivity index (χ1v) is 7.77. The number of Topliss-reactive ketones (excluding diaryl/α,β-unsaturated/α-hetero) is 1. The molecule has 3 rings (SSSR count). The van der Waals surface area contributed by atoms with Gasteiger partial charge in [0.25, 0.3) is 0 Å². The fourth-order valence-corrected chi connectivity index (χ4v) is 3.27. The number of carbonyl (C=O) groups is 2. The number of rotatable bonds is 2. The Bertz CT molecular complexity index is 767. The summed E-state index contributed by atoms with van der Waals surface area (Å²) >= 11 is 0. The molecule has 1 aliphatic rings. The first-order valence-electron chi connectivity index (χ1n) is 7.77. The lowest BCUT2D eigenvalue weighted by molar-refractivity contribution is 0.0600. The van der Waals surface area contributed by atoms with E-state index in [1.807, 2.05) is 13.0 Å². The van der Waals surface area contributed by atoms with Crippen LogP contribution in [0.3, 0.4) is 0 Å². The summed E-state index contributed by atoms with van der Waals surface area (Å²) in [4.78, 5) is 28.8. The van der Waals surface area contributed by atoms with E-state index in [1.54, 1.807) is 30.6 Å². The number of aromatic nitrogens is 1. The molecule has 0 fully saturated rings. The van der Waals surface area contributed by atoms with Gasteiger partial charge in [0.05, 0.1) is 12.7 Å². The molecular weight excluding hydrogens is 290 g/mol. The molecular formula is C19H19NO3. The Morgan fingerprint density at radius 1 is 1.30 bits per heavy atom. The third kappa shape index (κ3) is 2.89. The lowest BCUT2D eigenvalue weighted by Gasteiger charge is -2.16. The largest absolute Gasteiger partial charge is 0.465 e. The summed E-state index contributed by atoms with van der Waals surface area (Å²) in [7, 11) is 1.36. The van der Waals surface area contributed by atoms with E-state index in [2.05, 4.69) is 4.98 Å². The number of ether oxygens (including phenoxy) is 1. The Kier molecular flexibility index (Phi) is 4.24. The molecule has 0 N–H and O–H groups in total. The van der Waals surface area contributed by atoms with Crippen LogP contribution in [-0.2, 0) is 11.2 Å². The van der Waals surface area contributed by atoms with Gasteiger partial charge in [-0.15, -0.1) is 0 Å². The summed E-state index contributed by atoms with van der Waals surface area (Å²) in [5.74, 6) is -0.377. The number of methoxy groups -OCH3 is 1. The predicted molar refractivity (Wildman–Crippen MR) is 86.8 cm³/mol. The van der Waals surface area contributed by atoms with Crippen LogP contribution in [0.25, 0.3) is 0 Å². The second-order valence-corrected chi connectivity index (χ2v) is 5.90. The average molecular weight is 309 g/mol. The van der Waals surface area contributed by atoms with Gasteiger partial charge in [-0.2, -0.15) is 0 Å². The number of hydrogen-bond acceptors (Lipinski definition) is 4. The molecule has 1 aromatic carbocycles. The number of nitrogens with zero attached hydrogens (tertiary/aromatic N) is 1. The normalized spacial score (nSPS) is 17.3. The maximum atomic E-state index is 13.0. The second-order valence-electron chi connectivity index (χ2n) is 5.90. The average Bonchev–Trinajstić information content (AvgIpc) is 2.73. The Balaban J connectivity index is 2.01. The van der Waals surface area contributed by atoms with E-state index in [0.29, 0.717) is 5.56 Å². The van der Waals surface area contributed by atoms with Gasteiger partial charge in [0.1, 0.15) is 0 Å². The van der Waals surface area contributed by atoms with E-state index in [9.17, 15) is 9.59 Å². The minimum absolute atomic E-state index is 0.128. The minimum atomic E-state index is -0.369. The quantitative estimate of drug-likeness (QED) is 0.629. The number of carbonyl (C=O) groups excluding carboxylic acids is 2. The highest BCUT2D eigenvalue weighted by molar-refractivity contribution is 6.03. The topological polar surface area (TPSA) is 56.3 Å². The van der Waals surface area contributed by atoms with Crippen LogP contribution in [0.15, 0.2) is 36.7 Å². The van der Waals surface area contributed by atoms with Crippen LogP contribution in [0, 0.1) is 6.92 Å². The lowest BCUT2D eigenvalue weighted by atomic mass is 9.87. The summed E-state index contributed by atoms with van der Waals surface area (Å²) in [6.45, 7) is 1.99. The van der Waals surface area contributed by atoms with Gasteiger partial charge in [0, 0.05) is 23.9 Å². The van der Waals surface area contributed by atoms with E-state index in [0.717, 1.165) is 41.5 Å². The molecule has 0 spiro atoms. The molecule has 0 bridgehead atoms. The number of benzene rings is 1. The molecule has 1 unspecified atom stereocenters. The van der Waals surface area contributed by atoms with Crippen LogP contribution in [-0.4, -0.2) is 23.8 Å². The van der Waals surface area contributed by atoms with Crippen molar-refractivity contribution in [1.29, 1.82) is 0 Å². The molecule has 0 aliphatic heterocycles. The molecule has 0 amide bonds. The van der Waals surface area contributed by atoms with Crippen LogP contribution in [0.1, 0.15) is 56.2 Å². The maximum Gasteiger partial charge on any atom is 0.337 e. The van der Waals surface area contributed by atoms with E-state index in [-0.39, 0.29) is 17.7 Å². The fraction of sp³-hybridized carbons (Fsp3) is 0.316. The summed E-state index contributed by atoms with van der Waals surface area (Å²) in [5, 5.41) is 0. The number of aryl methyl sites for hydroxylation is 2. The van der Waals surface area contributed by atoms with Gasteiger partial charge >= 0.3 is 5.97 Å². The van der Waals surface area contributed by atoms with Gasteiger partial charge in [-0.05, 0) is 61.1 Å². The molecule has 1 atom stereocenters. The van der Waals surface area contributed by atoms with Gasteiger partial charge < -0.3 is 4.74 Å². The summed E-state index contributed by atoms with van der Waals surface area (Å²) in [6, 6.07) is 7.16. The Morgan fingerprint density at radius 2 is 2.13 bits per heavy atom. The first kappa shape index (κ1) is 15.4. The number of ketones is 1. The lowest BCUT2D eigenvalue weighted by Crippen LogP contribution is -2.14. The van der Waals surface area contributed by atoms with Crippen molar-refractivity contribution in [3.63, 3.8) is 0 Å². The smallest absolute Gasteiger partial charge is 0.337 e. The zero-order valence-electron chi connectivity index (χ0n) is 13.3. The Labute approximate surface area is 135 Å². The predicted octanol–water partition coefficient (Wildman–Crippen LogP) is 3.48. The van der Waals surface area contributed by atoms with Gasteiger partial charge in [0.2, 0.25) is 0 Å². The molecule has 0 saturated heterocycles. The van der Waals surface area contributed by atoms with E-state index in [1.165, 1.54) is 7.11 Å². The van der Waals surface area contributed by atoms with Crippen molar-refractivity contribution in [1.82, 2.24) is 4.98 Å². The molecule has 4 heteroatoms. The van der Waals surface area contributed by atoms with Crippen molar-refractivity contribution in [2.24, 2.45) is 0 Å². The van der Waals surface area contributed by atoms with Gasteiger partial charge in [-0.3, -0.25) is 9.78 Å². The Morgan fingerprint density at radius 3 is 2.87 bits per heavy atom. The number of hydrogen-bond donors (Lipinski definition) is 0. The van der Waals surface area contributed by atoms with Crippen molar-refractivity contribution in [3.8, 4) is 0 Å². The van der Waals surface area contributed by atoms with Crippen molar-refractivity contribution < 1.29 is 14.3 Å².